The van der Waals surface area contributed by atoms with Crippen molar-refractivity contribution in [2.24, 2.45) is 0 Å². The summed E-state index contributed by atoms with van der Waals surface area (Å²) >= 11 is 0. The summed E-state index contributed by atoms with van der Waals surface area (Å²) in [5.74, 6) is -0.103. The van der Waals surface area contributed by atoms with Gasteiger partial charge >= 0.3 is 0 Å². The first-order valence-corrected chi connectivity index (χ1v) is 7.06. The van der Waals surface area contributed by atoms with Crippen LogP contribution in [0.25, 0.3) is 0 Å². The van der Waals surface area contributed by atoms with Gasteiger partial charge in [0, 0.05) is 5.56 Å². The largest absolute Gasteiger partial charge is 0.490 e. The molecule has 3 rings (SSSR count). The zero-order valence-corrected chi connectivity index (χ0v) is 11.8. The Balaban J connectivity index is 1.93. The van der Waals surface area contributed by atoms with Gasteiger partial charge in [0.2, 0.25) is 0 Å². The number of halogens is 2. The highest BCUT2D eigenvalue weighted by Crippen LogP contribution is 2.30. The van der Waals surface area contributed by atoms with Crippen molar-refractivity contribution in [3.05, 3.63) is 65.2 Å². The highest BCUT2D eigenvalue weighted by Gasteiger charge is 2.24. The summed E-state index contributed by atoms with van der Waals surface area (Å²) in [6, 6.07) is 10.6. The molecule has 4 heteroatoms. The Morgan fingerprint density at radius 2 is 1.95 bits per heavy atom. The fourth-order valence-corrected chi connectivity index (χ4v) is 2.38. The van der Waals surface area contributed by atoms with Crippen molar-refractivity contribution < 1.29 is 13.5 Å². The molecule has 0 radical (unpaired) electrons. The van der Waals surface area contributed by atoms with E-state index in [9.17, 15) is 8.78 Å². The van der Waals surface area contributed by atoms with Gasteiger partial charge in [-0.3, -0.25) is 0 Å². The van der Waals surface area contributed by atoms with Crippen LogP contribution < -0.4 is 10.1 Å². The summed E-state index contributed by atoms with van der Waals surface area (Å²) in [7, 11) is 1.73. The minimum absolute atomic E-state index is 0.293. The third-order valence-electron chi connectivity index (χ3n) is 3.58. The first-order valence-electron chi connectivity index (χ1n) is 7.06. The molecule has 2 aromatic rings. The van der Waals surface area contributed by atoms with E-state index in [0.29, 0.717) is 11.7 Å². The van der Waals surface area contributed by atoms with E-state index in [4.69, 9.17) is 4.74 Å². The van der Waals surface area contributed by atoms with Crippen molar-refractivity contribution >= 4 is 0 Å². The molecule has 2 aromatic carbocycles. The Bertz CT molecular complexity index is 640. The predicted molar refractivity (Wildman–Crippen MR) is 77.4 cm³/mol. The third-order valence-corrected chi connectivity index (χ3v) is 3.58. The van der Waals surface area contributed by atoms with Gasteiger partial charge < -0.3 is 10.1 Å². The molecule has 1 saturated carbocycles. The molecule has 1 unspecified atom stereocenters. The Kier molecular flexibility index (Phi) is 3.88. The smallest absolute Gasteiger partial charge is 0.128 e. The molecule has 0 bridgehead atoms. The summed E-state index contributed by atoms with van der Waals surface area (Å²) in [4.78, 5) is 0. The number of benzene rings is 2. The van der Waals surface area contributed by atoms with E-state index in [-0.39, 0.29) is 0 Å². The normalized spacial score (nSPS) is 15.8. The second-order valence-electron chi connectivity index (χ2n) is 5.28. The van der Waals surface area contributed by atoms with Gasteiger partial charge in [-0.05, 0) is 55.8 Å². The maximum Gasteiger partial charge on any atom is 0.128 e. The molecule has 1 aliphatic carbocycles. The lowest BCUT2D eigenvalue weighted by Crippen LogP contribution is -2.19. The average Bonchev–Trinajstić information content (AvgIpc) is 3.28. The fourth-order valence-electron chi connectivity index (χ4n) is 2.38. The second-order valence-corrected chi connectivity index (χ2v) is 5.28. The zero-order chi connectivity index (χ0) is 14.8. The van der Waals surface area contributed by atoms with Gasteiger partial charge in [0.05, 0.1) is 12.1 Å². The molecular formula is C17H17F2NO. The third kappa shape index (κ3) is 3.22. The zero-order valence-electron chi connectivity index (χ0n) is 11.8. The quantitative estimate of drug-likeness (QED) is 0.903. The Morgan fingerprint density at radius 3 is 2.67 bits per heavy atom. The maximum absolute atomic E-state index is 14.0. The Labute approximate surface area is 122 Å². The van der Waals surface area contributed by atoms with Crippen molar-refractivity contribution in [2.75, 3.05) is 7.05 Å². The lowest BCUT2D eigenvalue weighted by Gasteiger charge is -2.19. The van der Waals surface area contributed by atoms with Crippen LogP contribution >= 0.6 is 0 Å². The van der Waals surface area contributed by atoms with E-state index in [1.165, 1.54) is 6.07 Å². The lowest BCUT2D eigenvalue weighted by molar-refractivity contribution is 0.302. The van der Waals surface area contributed by atoms with E-state index < -0.39 is 17.7 Å². The number of nitrogens with one attached hydrogen (secondary N) is 1. The SMILES string of the molecule is CNC(c1cccc(OC2CC2)c1)c1cc(F)ccc1F. The summed E-state index contributed by atoms with van der Waals surface area (Å²) in [6.07, 6.45) is 2.47. The first kappa shape index (κ1) is 14.0. The molecule has 0 aromatic heterocycles. The molecule has 0 aliphatic heterocycles. The van der Waals surface area contributed by atoms with Crippen LogP contribution in [0.5, 0.6) is 5.75 Å². The van der Waals surface area contributed by atoms with E-state index in [1.54, 1.807) is 7.05 Å². The van der Waals surface area contributed by atoms with Crippen molar-refractivity contribution in [3.8, 4) is 5.75 Å². The Morgan fingerprint density at radius 1 is 1.14 bits per heavy atom. The van der Waals surface area contributed by atoms with Crippen molar-refractivity contribution in [1.82, 2.24) is 5.32 Å². The van der Waals surface area contributed by atoms with Gasteiger partial charge in [0.1, 0.15) is 17.4 Å². The van der Waals surface area contributed by atoms with Crippen LogP contribution in [0, 0.1) is 11.6 Å². The van der Waals surface area contributed by atoms with E-state index in [2.05, 4.69) is 5.32 Å². The minimum Gasteiger partial charge on any atom is -0.490 e. The van der Waals surface area contributed by atoms with Gasteiger partial charge in [-0.1, -0.05) is 12.1 Å². The van der Waals surface area contributed by atoms with Crippen molar-refractivity contribution in [1.29, 1.82) is 0 Å². The fraction of sp³-hybridized carbons (Fsp3) is 0.294. The molecule has 1 aliphatic rings. The first-order chi connectivity index (χ1) is 10.2. The number of hydrogen-bond acceptors (Lipinski definition) is 2. The lowest BCUT2D eigenvalue weighted by atomic mass is 9.98. The monoisotopic (exact) mass is 289 g/mol. The highest BCUT2D eigenvalue weighted by molar-refractivity contribution is 5.37. The van der Waals surface area contributed by atoms with Crippen LogP contribution in [-0.4, -0.2) is 13.2 Å². The molecule has 1 atom stereocenters. The molecule has 1 fully saturated rings. The van der Waals surface area contributed by atoms with Crippen LogP contribution in [-0.2, 0) is 0 Å². The standard InChI is InChI=1S/C17H17F2NO/c1-20-17(15-10-12(18)5-8-16(15)19)11-3-2-4-14(9-11)21-13-6-7-13/h2-5,8-10,13,17,20H,6-7H2,1H3. The molecule has 1 N–H and O–H groups in total. The average molecular weight is 289 g/mol. The highest BCUT2D eigenvalue weighted by atomic mass is 19.1. The molecule has 0 amide bonds. The molecule has 0 spiro atoms. The second kappa shape index (κ2) is 5.82. The molecule has 110 valence electrons. The Hall–Kier alpha value is -1.94. The van der Waals surface area contributed by atoms with Gasteiger partial charge in [0.15, 0.2) is 0 Å². The van der Waals surface area contributed by atoms with E-state index in [0.717, 1.165) is 36.3 Å². The number of rotatable bonds is 5. The molecule has 0 saturated heterocycles. The van der Waals surface area contributed by atoms with E-state index >= 15 is 0 Å². The van der Waals surface area contributed by atoms with Gasteiger partial charge in [-0.15, -0.1) is 0 Å². The van der Waals surface area contributed by atoms with E-state index in [1.807, 2.05) is 24.3 Å². The number of ether oxygens (including phenoxy) is 1. The van der Waals surface area contributed by atoms with Crippen LogP contribution in [0.2, 0.25) is 0 Å². The summed E-state index contributed by atoms with van der Waals surface area (Å²) < 4.78 is 33.1. The molecule has 21 heavy (non-hydrogen) atoms. The van der Waals surface area contributed by atoms with Gasteiger partial charge in [-0.25, -0.2) is 8.78 Å². The van der Waals surface area contributed by atoms with Crippen molar-refractivity contribution in [2.45, 2.75) is 25.0 Å². The molecular weight excluding hydrogens is 272 g/mol. The van der Waals surface area contributed by atoms with Crippen LogP contribution in [0.3, 0.4) is 0 Å². The van der Waals surface area contributed by atoms with Gasteiger partial charge in [-0.2, -0.15) is 0 Å². The van der Waals surface area contributed by atoms with Crippen LogP contribution in [0.4, 0.5) is 8.78 Å². The summed E-state index contributed by atoms with van der Waals surface area (Å²) in [5, 5.41) is 3.04. The van der Waals surface area contributed by atoms with Crippen LogP contribution in [0.15, 0.2) is 42.5 Å². The minimum atomic E-state index is -0.447. The maximum atomic E-state index is 14.0. The number of hydrogen-bond donors (Lipinski definition) is 1. The molecule has 2 nitrogen and oxygen atoms in total. The molecule has 0 heterocycles. The van der Waals surface area contributed by atoms with Crippen molar-refractivity contribution in [3.63, 3.8) is 0 Å². The van der Waals surface area contributed by atoms with Gasteiger partial charge in [0.25, 0.3) is 0 Å². The summed E-state index contributed by atoms with van der Waals surface area (Å²) in [5.41, 5.74) is 1.14. The topological polar surface area (TPSA) is 21.3 Å². The van der Waals surface area contributed by atoms with Crippen LogP contribution in [0.1, 0.15) is 30.0 Å². The summed E-state index contributed by atoms with van der Waals surface area (Å²) in [6.45, 7) is 0. The predicted octanol–water partition coefficient (Wildman–Crippen LogP) is 3.81.